The van der Waals surface area contributed by atoms with Crippen LogP contribution < -0.4 is 5.32 Å². The van der Waals surface area contributed by atoms with E-state index in [1.165, 1.54) is 0 Å². The lowest BCUT2D eigenvalue weighted by molar-refractivity contribution is -0.138. The van der Waals surface area contributed by atoms with Gasteiger partial charge in [0.15, 0.2) is 0 Å². The Kier molecular flexibility index (Phi) is 3.50. The summed E-state index contributed by atoms with van der Waals surface area (Å²) in [7, 11) is 0. The maximum atomic E-state index is 11.9. The lowest BCUT2D eigenvalue weighted by Gasteiger charge is -2.36. The van der Waals surface area contributed by atoms with E-state index < -0.39 is 6.04 Å². The quantitative estimate of drug-likeness (QED) is 0.658. The number of hydrogen-bond donors (Lipinski definition) is 2. The number of nitrogens with one attached hydrogen (secondary N) is 1. The van der Waals surface area contributed by atoms with Crippen molar-refractivity contribution < 1.29 is 9.90 Å². The van der Waals surface area contributed by atoms with Gasteiger partial charge in [-0.3, -0.25) is 4.79 Å². The molecular weight excluding hydrogens is 180 g/mol. The van der Waals surface area contributed by atoms with Crippen molar-refractivity contribution in [3.05, 3.63) is 0 Å². The van der Waals surface area contributed by atoms with E-state index in [2.05, 4.69) is 19.2 Å². The molecule has 1 unspecified atom stereocenters. The van der Waals surface area contributed by atoms with Crippen LogP contribution in [-0.2, 0) is 4.79 Å². The fourth-order valence-electron chi connectivity index (χ4n) is 1.99. The van der Waals surface area contributed by atoms with Gasteiger partial charge in [-0.25, -0.2) is 0 Å². The van der Waals surface area contributed by atoms with E-state index in [0.717, 1.165) is 13.0 Å². The predicted molar refractivity (Wildman–Crippen MR) is 55.0 cm³/mol. The molecule has 1 aliphatic heterocycles. The molecule has 0 aromatic heterocycles. The minimum Gasteiger partial charge on any atom is -0.394 e. The molecule has 2 N–H and O–H groups in total. The summed E-state index contributed by atoms with van der Waals surface area (Å²) in [6.07, 6.45) is 0.920. The Balaban J connectivity index is 2.86. The third kappa shape index (κ3) is 2.07. The van der Waals surface area contributed by atoms with Crippen molar-refractivity contribution in [2.24, 2.45) is 0 Å². The first kappa shape index (κ1) is 11.5. The minimum absolute atomic E-state index is 0.0116. The molecule has 4 nitrogen and oxygen atoms in total. The Bertz CT molecular complexity index is 216. The van der Waals surface area contributed by atoms with Crippen LogP contribution in [-0.4, -0.2) is 47.2 Å². The maximum absolute atomic E-state index is 11.9. The average Bonchev–Trinajstić information content (AvgIpc) is 2.22. The first-order valence-electron chi connectivity index (χ1n) is 5.18. The molecule has 0 aromatic rings. The first-order chi connectivity index (χ1) is 6.53. The van der Waals surface area contributed by atoms with Crippen LogP contribution in [0.5, 0.6) is 0 Å². The van der Waals surface area contributed by atoms with Crippen molar-refractivity contribution in [3.63, 3.8) is 0 Å². The molecule has 14 heavy (non-hydrogen) atoms. The molecule has 1 aliphatic rings. The van der Waals surface area contributed by atoms with Gasteiger partial charge in [-0.1, -0.05) is 0 Å². The highest BCUT2D eigenvalue weighted by Gasteiger charge is 2.35. The largest absolute Gasteiger partial charge is 0.394 e. The fraction of sp³-hybridized carbons (Fsp3) is 0.900. The molecule has 1 heterocycles. The fourth-order valence-corrected chi connectivity index (χ4v) is 1.99. The second kappa shape index (κ2) is 4.28. The third-order valence-corrected chi connectivity index (χ3v) is 2.92. The van der Waals surface area contributed by atoms with E-state index in [9.17, 15) is 4.79 Å². The summed E-state index contributed by atoms with van der Waals surface area (Å²) in [5.74, 6) is 0.0116. The molecule has 0 bridgehead atoms. The molecule has 1 fully saturated rings. The zero-order chi connectivity index (χ0) is 10.8. The summed E-state index contributed by atoms with van der Waals surface area (Å²) in [6, 6.07) is -0.420. The molecule has 0 spiro atoms. The highest BCUT2D eigenvalue weighted by Crippen LogP contribution is 2.21. The van der Waals surface area contributed by atoms with Gasteiger partial charge in [-0.15, -0.1) is 0 Å². The normalized spacial score (nSPS) is 27.6. The summed E-state index contributed by atoms with van der Waals surface area (Å²) < 4.78 is 0. The molecule has 1 rings (SSSR count). The van der Waals surface area contributed by atoms with E-state index in [1.54, 1.807) is 0 Å². The van der Waals surface area contributed by atoms with E-state index in [4.69, 9.17) is 5.11 Å². The third-order valence-electron chi connectivity index (χ3n) is 2.92. The molecule has 1 atom stereocenters. The van der Waals surface area contributed by atoms with Crippen LogP contribution in [0.1, 0.15) is 27.2 Å². The average molecular weight is 200 g/mol. The van der Waals surface area contributed by atoms with Crippen molar-refractivity contribution >= 4 is 5.91 Å². The minimum atomic E-state index is -0.420. The molecule has 1 saturated heterocycles. The number of likely N-dealkylation sites (N-methyl/N-ethyl adjacent to an activating group) is 1. The second-order valence-electron chi connectivity index (χ2n) is 4.33. The number of aliphatic hydroxyl groups excluding tert-OH is 1. The van der Waals surface area contributed by atoms with Gasteiger partial charge in [-0.2, -0.15) is 0 Å². The SMILES string of the molecule is CCN1C(=O)C(CO)NCCC1(C)C. The van der Waals surface area contributed by atoms with Crippen LogP contribution in [0.4, 0.5) is 0 Å². The van der Waals surface area contributed by atoms with Crippen LogP contribution >= 0.6 is 0 Å². The van der Waals surface area contributed by atoms with Crippen LogP contribution in [0.2, 0.25) is 0 Å². The number of hydrogen-bond acceptors (Lipinski definition) is 3. The smallest absolute Gasteiger partial charge is 0.242 e. The van der Waals surface area contributed by atoms with Crippen LogP contribution in [0.3, 0.4) is 0 Å². The standard InChI is InChI=1S/C10H20N2O2/c1-4-12-9(14)8(7-13)11-6-5-10(12,2)3/h8,11,13H,4-7H2,1-3H3. The first-order valence-corrected chi connectivity index (χ1v) is 5.18. The Morgan fingerprint density at radius 3 is 2.79 bits per heavy atom. The zero-order valence-electron chi connectivity index (χ0n) is 9.21. The van der Waals surface area contributed by atoms with Crippen molar-refractivity contribution in [1.29, 1.82) is 0 Å². The molecular formula is C10H20N2O2. The Morgan fingerprint density at radius 1 is 1.64 bits per heavy atom. The number of rotatable bonds is 2. The van der Waals surface area contributed by atoms with Gasteiger partial charge in [0.1, 0.15) is 6.04 Å². The van der Waals surface area contributed by atoms with Crippen LogP contribution in [0, 0.1) is 0 Å². The van der Waals surface area contributed by atoms with Crippen LogP contribution in [0.15, 0.2) is 0 Å². The predicted octanol–water partition coefficient (Wildman–Crippen LogP) is -0.0323. The lowest BCUT2D eigenvalue weighted by atomic mass is 9.98. The van der Waals surface area contributed by atoms with Gasteiger partial charge in [0.05, 0.1) is 6.61 Å². The van der Waals surface area contributed by atoms with Gasteiger partial charge in [-0.05, 0) is 33.7 Å². The Labute approximate surface area is 85.3 Å². The number of nitrogens with zero attached hydrogens (tertiary/aromatic N) is 1. The van der Waals surface area contributed by atoms with Crippen molar-refractivity contribution in [1.82, 2.24) is 10.2 Å². The monoisotopic (exact) mass is 200 g/mol. The summed E-state index contributed by atoms with van der Waals surface area (Å²) in [6.45, 7) is 7.46. The molecule has 0 aliphatic carbocycles. The molecule has 4 heteroatoms. The molecule has 82 valence electrons. The number of carbonyl (C=O) groups is 1. The molecule has 1 amide bonds. The van der Waals surface area contributed by atoms with E-state index in [-0.39, 0.29) is 18.1 Å². The summed E-state index contributed by atoms with van der Waals surface area (Å²) >= 11 is 0. The van der Waals surface area contributed by atoms with E-state index in [0.29, 0.717) is 6.54 Å². The summed E-state index contributed by atoms with van der Waals surface area (Å²) in [5, 5.41) is 12.1. The topological polar surface area (TPSA) is 52.6 Å². The lowest BCUT2D eigenvalue weighted by Crippen LogP contribution is -2.51. The summed E-state index contributed by atoms with van der Waals surface area (Å²) in [5.41, 5.74) is -0.108. The van der Waals surface area contributed by atoms with Gasteiger partial charge >= 0.3 is 0 Å². The van der Waals surface area contributed by atoms with E-state index >= 15 is 0 Å². The zero-order valence-corrected chi connectivity index (χ0v) is 9.21. The Hall–Kier alpha value is -0.610. The molecule has 0 saturated carbocycles. The Morgan fingerprint density at radius 2 is 2.29 bits per heavy atom. The van der Waals surface area contributed by atoms with Gasteiger partial charge in [0, 0.05) is 12.1 Å². The van der Waals surface area contributed by atoms with Gasteiger partial charge in [0.2, 0.25) is 5.91 Å². The van der Waals surface area contributed by atoms with Crippen LogP contribution in [0.25, 0.3) is 0 Å². The maximum Gasteiger partial charge on any atom is 0.242 e. The van der Waals surface area contributed by atoms with Gasteiger partial charge < -0.3 is 15.3 Å². The molecule has 0 radical (unpaired) electrons. The molecule has 0 aromatic carbocycles. The second-order valence-corrected chi connectivity index (χ2v) is 4.33. The number of carbonyl (C=O) groups excluding carboxylic acids is 1. The van der Waals surface area contributed by atoms with Crippen molar-refractivity contribution in [3.8, 4) is 0 Å². The van der Waals surface area contributed by atoms with E-state index in [1.807, 2.05) is 11.8 Å². The van der Waals surface area contributed by atoms with Crippen molar-refractivity contribution in [2.75, 3.05) is 19.7 Å². The highest BCUT2D eigenvalue weighted by molar-refractivity contribution is 5.83. The van der Waals surface area contributed by atoms with Gasteiger partial charge in [0.25, 0.3) is 0 Å². The number of amides is 1. The summed E-state index contributed by atoms with van der Waals surface area (Å²) in [4.78, 5) is 13.8. The highest BCUT2D eigenvalue weighted by atomic mass is 16.3. The van der Waals surface area contributed by atoms with Crippen molar-refractivity contribution in [2.45, 2.75) is 38.8 Å². The number of aliphatic hydroxyl groups is 1.